The molecule has 1 aliphatic rings. The molecule has 1 aliphatic carbocycles. The molecule has 2 N–H and O–H groups in total. The maximum absolute atomic E-state index is 12.9. The summed E-state index contributed by atoms with van der Waals surface area (Å²) in [5, 5.41) is 6.75. The van der Waals surface area contributed by atoms with Crippen molar-refractivity contribution in [3.8, 4) is 0 Å². The molecule has 0 atom stereocenters. The third-order valence-electron chi connectivity index (χ3n) is 5.08. The first kappa shape index (κ1) is 19.5. The number of carbonyl (C=O) groups is 2. The van der Waals surface area contributed by atoms with E-state index in [1.54, 1.807) is 24.3 Å². The van der Waals surface area contributed by atoms with Crippen LogP contribution in [0.4, 0.5) is 5.69 Å². The first-order chi connectivity index (χ1) is 14.0. The van der Waals surface area contributed by atoms with E-state index in [4.69, 9.17) is 4.98 Å². The number of nitrogens with zero attached hydrogens (tertiary/aromatic N) is 2. The largest absolute Gasteiger partial charge is 0.352 e. The Morgan fingerprint density at radius 3 is 2.48 bits per heavy atom. The lowest BCUT2D eigenvalue weighted by Crippen LogP contribution is -2.23. The third-order valence-corrected chi connectivity index (χ3v) is 6.26. The van der Waals surface area contributed by atoms with Gasteiger partial charge in [0.2, 0.25) is 0 Å². The number of hydrogen-bond acceptors (Lipinski definition) is 5. The van der Waals surface area contributed by atoms with E-state index in [-0.39, 0.29) is 11.8 Å². The van der Waals surface area contributed by atoms with Crippen LogP contribution in [0.15, 0.2) is 24.3 Å². The molecule has 3 aromatic rings. The van der Waals surface area contributed by atoms with E-state index in [1.807, 2.05) is 20.8 Å². The Balaban J connectivity index is 1.54. The van der Waals surface area contributed by atoms with Gasteiger partial charge in [-0.15, -0.1) is 11.3 Å². The van der Waals surface area contributed by atoms with E-state index in [2.05, 4.69) is 15.6 Å². The van der Waals surface area contributed by atoms with Gasteiger partial charge in [-0.3, -0.25) is 9.59 Å². The lowest BCUT2D eigenvalue weighted by Gasteiger charge is -2.07. The van der Waals surface area contributed by atoms with Crippen LogP contribution in [0.3, 0.4) is 0 Å². The first-order valence-electron chi connectivity index (χ1n) is 9.95. The van der Waals surface area contributed by atoms with Crippen LogP contribution in [0, 0.1) is 13.8 Å². The molecule has 2 heterocycles. The highest BCUT2D eigenvalue weighted by Crippen LogP contribution is 2.40. The highest BCUT2D eigenvalue weighted by atomic mass is 32.1. The van der Waals surface area contributed by atoms with E-state index in [0.717, 1.165) is 46.6 Å². The number of aryl methyl sites for hydroxylation is 2. The standard InChI is InChI=1S/C22H24N4O2S/c1-4-11-23-20(27)15-7-9-16(10-8-15)25-21(28)18-12(2)17-13(3)24-19(14-5-6-14)26-22(17)29-18/h7-10,14H,4-6,11H2,1-3H3,(H,23,27)(H,25,28). The van der Waals surface area contributed by atoms with Gasteiger partial charge < -0.3 is 10.6 Å². The summed E-state index contributed by atoms with van der Waals surface area (Å²) in [6.45, 7) is 6.59. The predicted molar refractivity (Wildman–Crippen MR) is 116 cm³/mol. The fourth-order valence-corrected chi connectivity index (χ4v) is 4.47. The van der Waals surface area contributed by atoms with Crippen molar-refractivity contribution in [2.45, 2.75) is 46.0 Å². The van der Waals surface area contributed by atoms with Crippen molar-refractivity contribution in [3.63, 3.8) is 0 Å². The fourth-order valence-electron chi connectivity index (χ4n) is 3.33. The average Bonchev–Trinajstić information content (AvgIpc) is 3.50. The van der Waals surface area contributed by atoms with Gasteiger partial charge in [0, 0.05) is 29.1 Å². The molecule has 150 valence electrons. The molecule has 2 aromatic heterocycles. The Morgan fingerprint density at radius 1 is 1.10 bits per heavy atom. The minimum atomic E-state index is -0.166. The van der Waals surface area contributed by atoms with Gasteiger partial charge in [-0.1, -0.05) is 6.92 Å². The number of aromatic nitrogens is 2. The van der Waals surface area contributed by atoms with Crippen LogP contribution in [0.5, 0.6) is 0 Å². The highest BCUT2D eigenvalue weighted by molar-refractivity contribution is 7.20. The Morgan fingerprint density at radius 2 is 1.83 bits per heavy atom. The van der Waals surface area contributed by atoms with Gasteiger partial charge in [0.05, 0.1) is 10.6 Å². The zero-order valence-corrected chi connectivity index (χ0v) is 17.7. The van der Waals surface area contributed by atoms with Gasteiger partial charge in [-0.25, -0.2) is 9.97 Å². The predicted octanol–water partition coefficient (Wildman–Crippen LogP) is 4.58. The Kier molecular flexibility index (Phi) is 5.32. The molecule has 0 bridgehead atoms. The molecule has 4 rings (SSSR count). The van der Waals surface area contributed by atoms with Gasteiger partial charge in [0.1, 0.15) is 10.7 Å². The molecule has 0 aliphatic heterocycles. The molecule has 2 amide bonds. The van der Waals surface area contributed by atoms with Crippen molar-refractivity contribution >= 4 is 39.1 Å². The number of rotatable bonds is 6. The van der Waals surface area contributed by atoms with Crippen molar-refractivity contribution in [1.82, 2.24) is 15.3 Å². The maximum atomic E-state index is 12.9. The number of nitrogens with one attached hydrogen (secondary N) is 2. The summed E-state index contributed by atoms with van der Waals surface area (Å²) >= 11 is 1.41. The smallest absolute Gasteiger partial charge is 0.266 e. The summed E-state index contributed by atoms with van der Waals surface area (Å²) in [5.41, 5.74) is 3.08. The molecule has 1 fully saturated rings. The molecule has 29 heavy (non-hydrogen) atoms. The number of carbonyl (C=O) groups excluding carboxylic acids is 2. The molecule has 0 spiro atoms. The van der Waals surface area contributed by atoms with Crippen molar-refractivity contribution in [3.05, 3.63) is 51.8 Å². The van der Waals surface area contributed by atoms with Gasteiger partial charge in [-0.2, -0.15) is 0 Å². The second kappa shape index (κ2) is 7.91. The number of thiophene rings is 1. The number of hydrogen-bond donors (Lipinski definition) is 2. The van der Waals surface area contributed by atoms with Crippen LogP contribution in [0.25, 0.3) is 10.2 Å². The number of benzene rings is 1. The van der Waals surface area contributed by atoms with Crippen LogP contribution in [-0.2, 0) is 0 Å². The Labute approximate surface area is 173 Å². The number of amides is 2. The highest BCUT2D eigenvalue weighted by Gasteiger charge is 2.28. The van der Waals surface area contributed by atoms with Crippen LogP contribution in [-0.4, -0.2) is 28.3 Å². The summed E-state index contributed by atoms with van der Waals surface area (Å²) in [6.07, 6.45) is 3.19. The SMILES string of the molecule is CCCNC(=O)c1ccc(NC(=O)c2sc3nc(C4CC4)nc(C)c3c2C)cc1. The second-order valence-corrected chi connectivity index (χ2v) is 8.46. The third kappa shape index (κ3) is 4.00. The molecular formula is C22H24N4O2S. The minimum absolute atomic E-state index is 0.106. The first-order valence-corrected chi connectivity index (χ1v) is 10.8. The van der Waals surface area contributed by atoms with Gasteiger partial charge in [0.15, 0.2) is 0 Å². The minimum Gasteiger partial charge on any atom is -0.352 e. The molecular weight excluding hydrogens is 384 g/mol. The van der Waals surface area contributed by atoms with E-state index >= 15 is 0 Å². The zero-order chi connectivity index (χ0) is 20.5. The van der Waals surface area contributed by atoms with Crippen molar-refractivity contribution in [2.24, 2.45) is 0 Å². The Hall–Kier alpha value is -2.80. The van der Waals surface area contributed by atoms with E-state index in [1.165, 1.54) is 11.3 Å². The number of fused-ring (bicyclic) bond motifs is 1. The molecule has 6 nitrogen and oxygen atoms in total. The fraction of sp³-hybridized carbons (Fsp3) is 0.364. The topological polar surface area (TPSA) is 84.0 Å². The van der Waals surface area contributed by atoms with Crippen LogP contribution < -0.4 is 10.6 Å². The molecule has 7 heteroatoms. The lowest BCUT2D eigenvalue weighted by molar-refractivity contribution is 0.0953. The van der Waals surface area contributed by atoms with Crippen molar-refractivity contribution in [2.75, 3.05) is 11.9 Å². The van der Waals surface area contributed by atoms with Crippen molar-refractivity contribution < 1.29 is 9.59 Å². The molecule has 0 unspecified atom stereocenters. The maximum Gasteiger partial charge on any atom is 0.266 e. The summed E-state index contributed by atoms with van der Waals surface area (Å²) in [5.74, 6) is 1.11. The average molecular weight is 409 g/mol. The van der Waals surface area contributed by atoms with Crippen molar-refractivity contribution in [1.29, 1.82) is 0 Å². The number of anilines is 1. The second-order valence-electron chi connectivity index (χ2n) is 7.47. The van der Waals surface area contributed by atoms with Crippen LogP contribution in [0.1, 0.15) is 69.2 Å². The quantitative estimate of drug-likeness (QED) is 0.625. The molecule has 0 saturated heterocycles. The molecule has 1 aromatic carbocycles. The summed E-state index contributed by atoms with van der Waals surface area (Å²) < 4.78 is 0. The van der Waals surface area contributed by atoms with E-state index in [0.29, 0.717) is 28.6 Å². The zero-order valence-electron chi connectivity index (χ0n) is 16.8. The normalized spacial score (nSPS) is 13.5. The summed E-state index contributed by atoms with van der Waals surface area (Å²) in [7, 11) is 0. The van der Waals surface area contributed by atoms with E-state index < -0.39 is 0 Å². The molecule has 0 radical (unpaired) electrons. The van der Waals surface area contributed by atoms with Crippen LogP contribution >= 0.6 is 11.3 Å². The lowest BCUT2D eigenvalue weighted by atomic mass is 10.1. The van der Waals surface area contributed by atoms with Gasteiger partial charge in [0.25, 0.3) is 11.8 Å². The monoisotopic (exact) mass is 408 g/mol. The summed E-state index contributed by atoms with van der Waals surface area (Å²) in [4.78, 5) is 35.8. The summed E-state index contributed by atoms with van der Waals surface area (Å²) in [6, 6.07) is 6.93. The molecule has 1 saturated carbocycles. The van der Waals surface area contributed by atoms with Gasteiger partial charge >= 0.3 is 0 Å². The van der Waals surface area contributed by atoms with E-state index in [9.17, 15) is 9.59 Å². The van der Waals surface area contributed by atoms with Gasteiger partial charge in [-0.05, 0) is 62.9 Å². The Bertz CT molecular complexity index is 1080. The van der Waals surface area contributed by atoms with Crippen LogP contribution in [0.2, 0.25) is 0 Å².